The summed E-state index contributed by atoms with van der Waals surface area (Å²) in [6, 6.07) is 1.10. The Bertz CT molecular complexity index is 423. The smallest absolute Gasteiger partial charge is 0.225 e. The van der Waals surface area contributed by atoms with Gasteiger partial charge in [0.2, 0.25) is 5.91 Å². The molecule has 2 saturated heterocycles. The van der Waals surface area contributed by atoms with Crippen molar-refractivity contribution < 1.29 is 4.79 Å². The fourth-order valence-electron chi connectivity index (χ4n) is 4.86. The lowest BCUT2D eigenvalue weighted by atomic mass is 9.74. The van der Waals surface area contributed by atoms with Crippen LogP contribution in [0.3, 0.4) is 0 Å². The summed E-state index contributed by atoms with van der Waals surface area (Å²) in [6.07, 6.45) is 8.98. The fourth-order valence-corrected chi connectivity index (χ4v) is 4.86. The number of nitrogens with zero attached hydrogens (tertiary/aromatic N) is 2. The molecule has 5 heteroatoms. The van der Waals surface area contributed by atoms with E-state index in [9.17, 15) is 4.79 Å². The molecule has 1 saturated carbocycles. The number of nitrogens with two attached hydrogens (primary N) is 1. The predicted molar refractivity (Wildman–Crippen MR) is 97.8 cm³/mol. The molecule has 138 valence electrons. The number of piperidine rings is 2. The Kier molecular flexibility index (Phi) is 5.83. The Morgan fingerprint density at radius 3 is 2.33 bits per heavy atom. The first-order chi connectivity index (χ1) is 11.5. The van der Waals surface area contributed by atoms with Crippen LogP contribution in [0.1, 0.15) is 58.3 Å². The van der Waals surface area contributed by atoms with Crippen LogP contribution in [-0.2, 0) is 4.79 Å². The van der Waals surface area contributed by atoms with Crippen molar-refractivity contribution in [1.29, 1.82) is 0 Å². The molecule has 0 radical (unpaired) electrons. The minimum absolute atomic E-state index is 0.00170. The van der Waals surface area contributed by atoms with Gasteiger partial charge in [0, 0.05) is 30.7 Å². The summed E-state index contributed by atoms with van der Waals surface area (Å²) in [5.74, 6) is 0.204. The van der Waals surface area contributed by atoms with Gasteiger partial charge in [-0.3, -0.25) is 4.79 Å². The third-order valence-corrected chi connectivity index (χ3v) is 6.65. The van der Waals surface area contributed by atoms with E-state index in [0.717, 1.165) is 57.7 Å². The Balaban J connectivity index is 1.44. The minimum atomic E-state index is -0.322. The number of nitrogens with one attached hydrogen (secondary N) is 1. The molecule has 2 heterocycles. The van der Waals surface area contributed by atoms with Crippen LogP contribution in [0.5, 0.6) is 0 Å². The molecule has 0 spiro atoms. The van der Waals surface area contributed by atoms with Gasteiger partial charge in [0.15, 0.2) is 0 Å². The quantitative estimate of drug-likeness (QED) is 0.821. The van der Waals surface area contributed by atoms with Crippen molar-refractivity contribution in [2.24, 2.45) is 11.7 Å². The molecule has 2 unspecified atom stereocenters. The van der Waals surface area contributed by atoms with Gasteiger partial charge in [0.05, 0.1) is 5.92 Å². The maximum atomic E-state index is 12.7. The number of rotatable bonds is 3. The molecule has 0 aromatic carbocycles. The minimum Gasteiger partial charge on any atom is -0.353 e. The first kappa shape index (κ1) is 18.2. The lowest BCUT2D eigenvalue weighted by Crippen LogP contribution is -2.56. The normalized spacial score (nSPS) is 35.0. The number of likely N-dealkylation sites (tertiary alicyclic amines) is 2. The van der Waals surface area contributed by atoms with Crippen molar-refractivity contribution in [3.63, 3.8) is 0 Å². The first-order valence-electron chi connectivity index (χ1n) is 9.97. The van der Waals surface area contributed by atoms with Crippen LogP contribution in [-0.4, -0.2) is 66.6 Å². The Morgan fingerprint density at radius 2 is 1.71 bits per heavy atom. The summed E-state index contributed by atoms with van der Waals surface area (Å²) in [6.45, 7) is 6.75. The van der Waals surface area contributed by atoms with E-state index < -0.39 is 0 Å². The molecule has 2 aliphatic heterocycles. The van der Waals surface area contributed by atoms with Crippen LogP contribution in [0.15, 0.2) is 0 Å². The van der Waals surface area contributed by atoms with Crippen LogP contribution in [0, 0.1) is 5.92 Å². The monoisotopic (exact) mass is 336 g/mol. The molecule has 0 bridgehead atoms. The SMILES string of the molecule is CN1CCC(N2CCC(NC(=O)C3CCCCC3(C)N)CC2)CC1. The van der Waals surface area contributed by atoms with Crippen LogP contribution in [0.2, 0.25) is 0 Å². The lowest BCUT2D eigenvalue weighted by Gasteiger charge is -2.42. The molecule has 2 atom stereocenters. The standard InChI is InChI=1S/C19H36N4O/c1-19(20)10-4-3-5-17(19)18(24)21-15-6-13-23(14-7-15)16-8-11-22(2)12-9-16/h15-17H,3-14,20H2,1-2H3,(H,21,24). The maximum absolute atomic E-state index is 12.7. The molecule has 3 fully saturated rings. The highest BCUT2D eigenvalue weighted by atomic mass is 16.2. The highest BCUT2D eigenvalue weighted by Gasteiger charge is 2.38. The molecular weight excluding hydrogens is 300 g/mol. The molecule has 0 aromatic heterocycles. The second-order valence-corrected chi connectivity index (χ2v) is 8.66. The van der Waals surface area contributed by atoms with E-state index >= 15 is 0 Å². The van der Waals surface area contributed by atoms with E-state index in [1.807, 2.05) is 0 Å². The van der Waals surface area contributed by atoms with E-state index in [0.29, 0.717) is 6.04 Å². The summed E-state index contributed by atoms with van der Waals surface area (Å²) < 4.78 is 0. The first-order valence-corrected chi connectivity index (χ1v) is 9.97. The van der Waals surface area contributed by atoms with Crippen LogP contribution < -0.4 is 11.1 Å². The van der Waals surface area contributed by atoms with Crippen molar-refractivity contribution >= 4 is 5.91 Å². The van der Waals surface area contributed by atoms with Crippen LogP contribution in [0.25, 0.3) is 0 Å². The van der Waals surface area contributed by atoms with Crippen molar-refractivity contribution in [2.45, 2.75) is 75.9 Å². The van der Waals surface area contributed by atoms with E-state index in [-0.39, 0.29) is 17.4 Å². The molecule has 1 amide bonds. The van der Waals surface area contributed by atoms with Crippen LogP contribution >= 0.6 is 0 Å². The molecule has 1 aliphatic carbocycles. The van der Waals surface area contributed by atoms with Gasteiger partial charge >= 0.3 is 0 Å². The van der Waals surface area contributed by atoms with Crippen molar-refractivity contribution in [1.82, 2.24) is 15.1 Å². The van der Waals surface area contributed by atoms with Crippen LogP contribution in [0.4, 0.5) is 0 Å². The number of carbonyl (C=O) groups excluding carboxylic acids is 1. The average Bonchev–Trinajstić information content (AvgIpc) is 2.56. The molecule has 3 N–H and O–H groups in total. The summed E-state index contributed by atoms with van der Waals surface area (Å²) >= 11 is 0. The molecule has 3 rings (SSSR count). The third-order valence-electron chi connectivity index (χ3n) is 6.65. The van der Waals surface area contributed by atoms with Gasteiger partial charge in [0.1, 0.15) is 0 Å². The summed E-state index contributed by atoms with van der Waals surface area (Å²) in [4.78, 5) is 17.8. The van der Waals surface area contributed by atoms with Gasteiger partial charge in [-0.15, -0.1) is 0 Å². The Hall–Kier alpha value is -0.650. The molecule has 3 aliphatic rings. The number of carbonyl (C=O) groups is 1. The zero-order chi connectivity index (χ0) is 17.2. The van der Waals surface area contributed by atoms with Crippen molar-refractivity contribution in [3.05, 3.63) is 0 Å². The number of hydrogen-bond donors (Lipinski definition) is 2. The number of amides is 1. The zero-order valence-electron chi connectivity index (χ0n) is 15.6. The second kappa shape index (κ2) is 7.71. The van der Waals surface area contributed by atoms with E-state index in [4.69, 9.17) is 5.73 Å². The van der Waals surface area contributed by atoms with Gasteiger partial charge in [-0.05, 0) is 65.6 Å². The molecule has 5 nitrogen and oxygen atoms in total. The highest BCUT2D eigenvalue weighted by molar-refractivity contribution is 5.80. The Labute approximate surface area is 147 Å². The molecule has 24 heavy (non-hydrogen) atoms. The van der Waals surface area contributed by atoms with E-state index in [2.05, 4.69) is 29.1 Å². The van der Waals surface area contributed by atoms with Gasteiger partial charge in [-0.1, -0.05) is 12.8 Å². The van der Waals surface area contributed by atoms with Crippen molar-refractivity contribution in [2.75, 3.05) is 33.2 Å². The van der Waals surface area contributed by atoms with Gasteiger partial charge < -0.3 is 20.9 Å². The van der Waals surface area contributed by atoms with Crippen molar-refractivity contribution in [3.8, 4) is 0 Å². The van der Waals surface area contributed by atoms with Gasteiger partial charge in [-0.2, -0.15) is 0 Å². The molecular formula is C19H36N4O. The fraction of sp³-hybridized carbons (Fsp3) is 0.947. The second-order valence-electron chi connectivity index (χ2n) is 8.66. The van der Waals surface area contributed by atoms with E-state index in [1.54, 1.807) is 0 Å². The maximum Gasteiger partial charge on any atom is 0.225 e. The highest BCUT2D eigenvalue weighted by Crippen LogP contribution is 2.32. The lowest BCUT2D eigenvalue weighted by molar-refractivity contribution is -0.129. The summed E-state index contributed by atoms with van der Waals surface area (Å²) in [5, 5.41) is 3.32. The van der Waals surface area contributed by atoms with E-state index in [1.165, 1.54) is 25.9 Å². The Morgan fingerprint density at radius 1 is 1.04 bits per heavy atom. The van der Waals surface area contributed by atoms with Gasteiger partial charge in [-0.25, -0.2) is 0 Å². The largest absolute Gasteiger partial charge is 0.353 e. The average molecular weight is 337 g/mol. The molecule has 0 aromatic rings. The summed E-state index contributed by atoms with van der Waals surface area (Å²) in [7, 11) is 2.22. The summed E-state index contributed by atoms with van der Waals surface area (Å²) in [5.41, 5.74) is 6.06. The third kappa shape index (κ3) is 4.30. The predicted octanol–water partition coefficient (Wildman–Crippen LogP) is 1.57. The zero-order valence-corrected chi connectivity index (χ0v) is 15.6. The number of hydrogen-bond acceptors (Lipinski definition) is 4. The topological polar surface area (TPSA) is 61.6 Å². The van der Waals surface area contributed by atoms with Gasteiger partial charge in [0.25, 0.3) is 0 Å².